The Kier molecular flexibility index (Phi) is 3.93. The number of fused-ring (bicyclic) bond motifs is 1. The SMILES string of the molecule is O=S(=O)(c1ccccc1F)n1cc(N2CCNCC2)c2ncccc21. The third kappa shape index (κ3) is 2.67. The lowest BCUT2D eigenvalue weighted by Gasteiger charge is -2.28. The van der Waals surface area contributed by atoms with Gasteiger partial charge in [-0.3, -0.25) is 4.98 Å². The van der Waals surface area contributed by atoms with Crippen molar-refractivity contribution in [1.82, 2.24) is 14.3 Å². The average Bonchev–Trinajstić information content (AvgIpc) is 3.03. The second kappa shape index (κ2) is 6.12. The molecule has 0 aliphatic carbocycles. The van der Waals surface area contributed by atoms with Gasteiger partial charge in [0.2, 0.25) is 0 Å². The van der Waals surface area contributed by atoms with E-state index in [9.17, 15) is 12.8 Å². The van der Waals surface area contributed by atoms with Crippen LogP contribution in [-0.2, 0) is 10.0 Å². The maximum atomic E-state index is 14.1. The van der Waals surface area contributed by atoms with Crippen molar-refractivity contribution >= 4 is 26.7 Å². The Morgan fingerprint density at radius 1 is 1.08 bits per heavy atom. The van der Waals surface area contributed by atoms with Gasteiger partial charge in [-0.05, 0) is 24.3 Å². The molecule has 3 heterocycles. The zero-order valence-electron chi connectivity index (χ0n) is 13.4. The summed E-state index contributed by atoms with van der Waals surface area (Å²) in [5, 5.41) is 3.27. The Hall–Kier alpha value is -2.45. The molecule has 130 valence electrons. The fraction of sp³-hybridized carbons (Fsp3) is 0.235. The molecule has 1 aliphatic heterocycles. The number of pyridine rings is 1. The Morgan fingerprint density at radius 2 is 1.84 bits per heavy atom. The van der Waals surface area contributed by atoms with Gasteiger partial charge >= 0.3 is 0 Å². The van der Waals surface area contributed by atoms with E-state index in [0.29, 0.717) is 11.0 Å². The first-order valence-electron chi connectivity index (χ1n) is 8.01. The molecule has 0 spiro atoms. The lowest BCUT2D eigenvalue weighted by atomic mass is 10.3. The van der Waals surface area contributed by atoms with E-state index in [1.54, 1.807) is 24.5 Å². The Morgan fingerprint density at radius 3 is 2.60 bits per heavy atom. The maximum absolute atomic E-state index is 14.1. The van der Waals surface area contributed by atoms with Crippen molar-refractivity contribution in [1.29, 1.82) is 0 Å². The standard InChI is InChI=1S/C17H17FN4O2S/c18-13-4-1-2-6-16(13)25(23,24)22-12-15(21-10-8-19-9-11-21)17-14(22)5-3-7-20-17/h1-7,12,19H,8-11H2. The molecule has 3 aromatic rings. The summed E-state index contributed by atoms with van der Waals surface area (Å²) < 4.78 is 41.3. The van der Waals surface area contributed by atoms with Gasteiger partial charge in [0, 0.05) is 38.6 Å². The Labute approximate surface area is 144 Å². The van der Waals surface area contributed by atoms with E-state index >= 15 is 0 Å². The van der Waals surface area contributed by atoms with Crippen molar-refractivity contribution in [3.63, 3.8) is 0 Å². The fourth-order valence-electron chi connectivity index (χ4n) is 3.11. The smallest absolute Gasteiger partial charge is 0.271 e. The summed E-state index contributed by atoms with van der Waals surface area (Å²) in [7, 11) is -4.05. The summed E-state index contributed by atoms with van der Waals surface area (Å²) in [4.78, 5) is 6.12. The van der Waals surface area contributed by atoms with Gasteiger partial charge in [-0.15, -0.1) is 0 Å². The van der Waals surface area contributed by atoms with Gasteiger partial charge in [0.1, 0.15) is 16.2 Å². The molecule has 6 nitrogen and oxygen atoms in total. The van der Waals surface area contributed by atoms with Gasteiger partial charge in [-0.25, -0.2) is 16.8 Å². The van der Waals surface area contributed by atoms with Crippen molar-refractivity contribution in [2.24, 2.45) is 0 Å². The van der Waals surface area contributed by atoms with Crippen LogP contribution in [-0.4, -0.2) is 43.6 Å². The quantitative estimate of drug-likeness (QED) is 0.772. The number of anilines is 1. The van der Waals surface area contributed by atoms with E-state index in [0.717, 1.165) is 41.9 Å². The molecule has 1 fully saturated rings. The predicted molar refractivity (Wildman–Crippen MR) is 93.8 cm³/mol. The highest BCUT2D eigenvalue weighted by Gasteiger charge is 2.26. The van der Waals surface area contributed by atoms with E-state index in [2.05, 4.69) is 15.2 Å². The van der Waals surface area contributed by atoms with E-state index in [1.165, 1.54) is 18.2 Å². The summed E-state index contributed by atoms with van der Waals surface area (Å²) in [6, 6.07) is 8.77. The van der Waals surface area contributed by atoms with Crippen LogP contribution in [0, 0.1) is 5.82 Å². The van der Waals surface area contributed by atoms with Gasteiger partial charge in [0.05, 0.1) is 11.2 Å². The van der Waals surface area contributed by atoms with Gasteiger partial charge in [-0.1, -0.05) is 12.1 Å². The summed E-state index contributed by atoms with van der Waals surface area (Å²) >= 11 is 0. The molecule has 2 aromatic heterocycles. The first-order chi connectivity index (χ1) is 12.1. The number of halogens is 1. The first-order valence-corrected chi connectivity index (χ1v) is 9.45. The minimum atomic E-state index is -4.05. The summed E-state index contributed by atoms with van der Waals surface area (Å²) in [6.45, 7) is 3.16. The number of benzene rings is 1. The minimum Gasteiger partial charge on any atom is -0.366 e. The molecule has 8 heteroatoms. The molecule has 1 saturated heterocycles. The summed E-state index contributed by atoms with van der Waals surface area (Å²) in [6.07, 6.45) is 3.18. The van der Waals surface area contributed by atoms with Crippen LogP contribution in [0.2, 0.25) is 0 Å². The van der Waals surface area contributed by atoms with Crippen LogP contribution in [0.3, 0.4) is 0 Å². The third-order valence-corrected chi connectivity index (χ3v) is 6.04. The molecule has 0 unspecified atom stereocenters. The highest BCUT2D eigenvalue weighted by molar-refractivity contribution is 7.90. The molecule has 0 atom stereocenters. The van der Waals surface area contributed by atoms with E-state index in [4.69, 9.17) is 0 Å². The third-order valence-electron chi connectivity index (χ3n) is 4.34. The zero-order chi connectivity index (χ0) is 17.4. The second-order valence-corrected chi connectivity index (χ2v) is 7.64. The maximum Gasteiger partial charge on any atom is 0.271 e. The van der Waals surface area contributed by atoms with E-state index < -0.39 is 15.8 Å². The predicted octanol–water partition coefficient (Wildman–Crippen LogP) is 1.82. The van der Waals surface area contributed by atoms with Crippen molar-refractivity contribution in [3.8, 4) is 0 Å². The van der Waals surface area contributed by atoms with Crippen LogP contribution in [0.5, 0.6) is 0 Å². The number of aromatic nitrogens is 2. The van der Waals surface area contributed by atoms with Gasteiger partial charge in [0.15, 0.2) is 0 Å². The highest BCUT2D eigenvalue weighted by Crippen LogP contribution is 2.31. The Balaban J connectivity index is 1.92. The monoisotopic (exact) mass is 360 g/mol. The molecule has 0 radical (unpaired) electrons. The normalized spacial score (nSPS) is 15.6. The number of nitrogens with zero attached hydrogens (tertiary/aromatic N) is 3. The van der Waals surface area contributed by atoms with E-state index in [1.807, 2.05) is 0 Å². The number of nitrogens with one attached hydrogen (secondary N) is 1. The van der Waals surface area contributed by atoms with Crippen LogP contribution in [0.15, 0.2) is 53.7 Å². The summed E-state index contributed by atoms with van der Waals surface area (Å²) in [5.74, 6) is -0.767. The van der Waals surface area contributed by atoms with Gasteiger partial charge < -0.3 is 10.2 Å². The van der Waals surface area contributed by atoms with Crippen molar-refractivity contribution in [3.05, 3.63) is 54.6 Å². The van der Waals surface area contributed by atoms with Gasteiger partial charge in [-0.2, -0.15) is 0 Å². The lowest BCUT2D eigenvalue weighted by molar-refractivity contribution is 0.562. The molecule has 4 rings (SSSR count). The van der Waals surface area contributed by atoms with Crippen LogP contribution >= 0.6 is 0 Å². The van der Waals surface area contributed by atoms with Crippen molar-refractivity contribution < 1.29 is 12.8 Å². The largest absolute Gasteiger partial charge is 0.366 e. The minimum absolute atomic E-state index is 0.345. The fourth-order valence-corrected chi connectivity index (χ4v) is 4.53. The molecule has 1 aromatic carbocycles. The van der Waals surface area contributed by atoms with Gasteiger partial charge in [0.25, 0.3) is 10.0 Å². The van der Waals surface area contributed by atoms with Crippen molar-refractivity contribution in [2.45, 2.75) is 4.90 Å². The molecule has 0 bridgehead atoms. The Bertz CT molecular complexity index is 1030. The topological polar surface area (TPSA) is 67.2 Å². The number of hydrogen-bond donors (Lipinski definition) is 1. The molecule has 25 heavy (non-hydrogen) atoms. The molecular weight excluding hydrogens is 343 g/mol. The molecule has 1 aliphatic rings. The molecule has 0 saturated carbocycles. The van der Waals surface area contributed by atoms with Crippen LogP contribution in [0.25, 0.3) is 11.0 Å². The average molecular weight is 360 g/mol. The van der Waals surface area contributed by atoms with Crippen LogP contribution in [0.4, 0.5) is 10.1 Å². The van der Waals surface area contributed by atoms with E-state index in [-0.39, 0.29) is 4.90 Å². The summed E-state index contributed by atoms with van der Waals surface area (Å²) in [5.41, 5.74) is 1.79. The molecule has 1 N–H and O–H groups in total. The molecule has 0 amide bonds. The lowest BCUT2D eigenvalue weighted by Crippen LogP contribution is -2.43. The number of piperazine rings is 1. The highest BCUT2D eigenvalue weighted by atomic mass is 32.2. The van der Waals surface area contributed by atoms with Crippen molar-refractivity contribution in [2.75, 3.05) is 31.1 Å². The number of rotatable bonds is 3. The zero-order valence-corrected chi connectivity index (χ0v) is 14.2. The first kappa shape index (κ1) is 16.0. The van der Waals surface area contributed by atoms with Crippen LogP contribution in [0.1, 0.15) is 0 Å². The second-order valence-electron chi connectivity index (χ2n) is 5.85. The number of hydrogen-bond acceptors (Lipinski definition) is 5. The molecular formula is C17H17FN4O2S. The van der Waals surface area contributed by atoms with Crippen LogP contribution < -0.4 is 10.2 Å².